The van der Waals surface area contributed by atoms with Gasteiger partial charge in [-0.25, -0.2) is 4.98 Å². The van der Waals surface area contributed by atoms with E-state index in [0.29, 0.717) is 17.7 Å². The maximum Gasteiger partial charge on any atom is 0.287 e. The van der Waals surface area contributed by atoms with Gasteiger partial charge in [-0.15, -0.1) is 0 Å². The fourth-order valence-electron chi connectivity index (χ4n) is 2.65. The van der Waals surface area contributed by atoms with Crippen LogP contribution in [0.2, 0.25) is 0 Å². The van der Waals surface area contributed by atoms with E-state index < -0.39 is 0 Å². The molecule has 0 aliphatic heterocycles. The molecule has 6 heteroatoms. The molecule has 0 radical (unpaired) electrons. The number of aromatic nitrogens is 2. The van der Waals surface area contributed by atoms with Crippen molar-refractivity contribution < 1.29 is 9.59 Å². The molecule has 3 aromatic rings. The number of amides is 2. The molecule has 3 rings (SSSR count). The molecular weight excluding hydrogens is 328 g/mol. The van der Waals surface area contributed by atoms with Gasteiger partial charge in [0, 0.05) is 18.4 Å². The van der Waals surface area contributed by atoms with Gasteiger partial charge in [0.15, 0.2) is 5.69 Å². The number of nitrogens with one attached hydrogen (secondary N) is 2. The molecule has 2 N–H and O–H groups in total. The first-order valence-corrected chi connectivity index (χ1v) is 8.73. The van der Waals surface area contributed by atoms with Crippen molar-refractivity contribution in [3.63, 3.8) is 0 Å². The largest absolute Gasteiger partial charge is 0.349 e. The Labute approximate surface area is 152 Å². The number of benzene rings is 1. The van der Waals surface area contributed by atoms with Crippen molar-refractivity contribution in [2.24, 2.45) is 0 Å². The summed E-state index contributed by atoms with van der Waals surface area (Å²) in [6.45, 7) is 4.63. The highest BCUT2D eigenvalue weighted by Crippen LogP contribution is 2.16. The number of fused-ring (bicyclic) bond motifs is 1. The van der Waals surface area contributed by atoms with E-state index in [2.05, 4.69) is 22.5 Å². The van der Waals surface area contributed by atoms with Crippen LogP contribution in [0.5, 0.6) is 0 Å². The van der Waals surface area contributed by atoms with E-state index in [1.807, 2.05) is 37.3 Å². The predicted molar refractivity (Wildman–Crippen MR) is 102 cm³/mol. The normalized spacial score (nSPS) is 10.7. The highest BCUT2D eigenvalue weighted by atomic mass is 16.2. The van der Waals surface area contributed by atoms with Crippen molar-refractivity contribution in [1.29, 1.82) is 0 Å². The van der Waals surface area contributed by atoms with Crippen molar-refractivity contribution in [2.45, 2.75) is 26.7 Å². The van der Waals surface area contributed by atoms with E-state index in [1.165, 1.54) is 0 Å². The third-order valence-electron chi connectivity index (χ3n) is 4.09. The van der Waals surface area contributed by atoms with Crippen molar-refractivity contribution >= 4 is 23.0 Å². The molecule has 26 heavy (non-hydrogen) atoms. The van der Waals surface area contributed by atoms with Crippen molar-refractivity contribution in [3.8, 4) is 0 Å². The summed E-state index contributed by atoms with van der Waals surface area (Å²) in [5, 5.41) is 5.68. The van der Waals surface area contributed by atoms with Crippen molar-refractivity contribution in [3.05, 3.63) is 65.7 Å². The smallest absolute Gasteiger partial charge is 0.287 e. The minimum Gasteiger partial charge on any atom is -0.349 e. The van der Waals surface area contributed by atoms with Gasteiger partial charge in [-0.3, -0.25) is 14.0 Å². The van der Waals surface area contributed by atoms with E-state index in [0.717, 1.165) is 18.4 Å². The summed E-state index contributed by atoms with van der Waals surface area (Å²) in [5.41, 5.74) is 2.62. The number of aryl methyl sites for hydroxylation is 1. The van der Waals surface area contributed by atoms with Crippen LogP contribution in [0.25, 0.3) is 5.52 Å². The summed E-state index contributed by atoms with van der Waals surface area (Å²) in [6.07, 6.45) is 3.63. The molecule has 0 saturated carbocycles. The highest BCUT2D eigenvalue weighted by Gasteiger charge is 2.21. The Morgan fingerprint density at radius 1 is 1.08 bits per heavy atom. The number of unbranched alkanes of at least 4 members (excludes halogenated alkanes) is 1. The Bertz CT molecular complexity index is 929. The number of rotatable bonds is 6. The van der Waals surface area contributed by atoms with E-state index >= 15 is 0 Å². The Kier molecular flexibility index (Phi) is 5.31. The molecule has 1 aromatic carbocycles. The van der Waals surface area contributed by atoms with Crippen LogP contribution in [0, 0.1) is 6.92 Å². The van der Waals surface area contributed by atoms with Gasteiger partial charge in [-0.1, -0.05) is 37.1 Å². The Balaban J connectivity index is 1.89. The number of pyridine rings is 1. The van der Waals surface area contributed by atoms with Gasteiger partial charge in [0.1, 0.15) is 0 Å². The summed E-state index contributed by atoms with van der Waals surface area (Å²) in [7, 11) is 0. The van der Waals surface area contributed by atoms with Crippen LogP contribution < -0.4 is 10.6 Å². The van der Waals surface area contributed by atoms with Gasteiger partial charge in [0.25, 0.3) is 11.8 Å². The lowest BCUT2D eigenvalue weighted by molar-refractivity contribution is 0.0942. The van der Waals surface area contributed by atoms with Gasteiger partial charge >= 0.3 is 0 Å². The second-order valence-corrected chi connectivity index (χ2v) is 6.17. The molecular formula is C20H22N4O2. The average molecular weight is 350 g/mol. The summed E-state index contributed by atoms with van der Waals surface area (Å²) in [5.74, 6) is -0.412. The van der Waals surface area contributed by atoms with Gasteiger partial charge in [0.2, 0.25) is 5.82 Å². The second-order valence-electron chi connectivity index (χ2n) is 6.17. The van der Waals surface area contributed by atoms with E-state index in [9.17, 15) is 9.59 Å². The summed E-state index contributed by atoms with van der Waals surface area (Å²) in [4.78, 5) is 29.5. The third-order valence-corrected chi connectivity index (χ3v) is 4.09. The molecule has 0 aliphatic rings. The molecule has 0 saturated heterocycles. The lowest BCUT2D eigenvalue weighted by Gasteiger charge is -2.04. The Hall–Kier alpha value is -3.15. The highest BCUT2D eigenvalue weighted by molar-refractivity contribution is 6.08. The standard InChI is InChI=1S/C20H22N4O2/c1-3-4-12-21-20(26)18-23-17(16-7-5-6-13-24(16)18)19(25)22-15-10-8-14(2)9-11-15/h5-11,13H,3-4,12H2,1-2H3,(H,21,26)(H,22,25). The van der Waals surface area contributed by atoms with Crippen LogP contribution in [0.3, 0.4) is 0 Å². The van der Waals surface area contributed by atoms with Gasteiger partial charge in [0.05, 0.1) is 5.52 Å². The minimum atomic E-state index is -0.342. The second kappa shape index (κ2) is 7.82. The van der Waals surface area contributed by atoms with Crippen LogP contribution in [-0.2, 0) is 0 Å². The molecule has 0 bridgehead atoms. The van der Waals surface area contributed by atoms with E-state index in [-0.39, 0.29) is 23.3 Å². The molecule has 2 amide bonds. The van der Waals surface area contributed by atoms with Gasteiger partial charge < -0.3 is 10.6 Å². The van der Waals surface area contributed by atoms with Gasteiger partial charge in [-0.2, -0.15) is 0 Å². The molecule has 0 fully saturated rings. The molecule has 6 nitrogen and oxygen atoms in total. The summed E-state index contributed by atoms with van der Waals surface area (Å²) < 4.78 is 1.64. The number of carbonyl (C=O) groups excluding carboxylic acids is 2. The zero-order valence-corrected chi connectivity index (χ0v) is 15.0. The SMILES string of the molecule is CCCCNC(=O)c1nc(C(=O)Nc2ccc(C)cc2)c2ccccn12. The van der Waals surface area contributed by atoms with Crippen LogP contribution in [0.15, 0.2) is 48.7 Å². The van der Waals surface area contributed by atoms with Crippen LogP contribution in [-0.4, -0.2) is 27.7 Å². The molecule has 2 heterocycles. The third kappa shape index (κ3) is 3.74. The van der Waals surface area contributed by atoms with Crippen LogP contribution >= 0.6 is 0 Å². The van der Waals surface area contributed by atoms with E-state index in [4.69, 9.17) is 0 Å². The first kappa shape index (κ1) is 17.7. The lowest BCUT2D eigenvalue weighted by Crippen LogP contribution is -2.26. The van der Waals surface area contributed by atoms with Crippen molar-refractivity contribution in [1.82, 2.24) is 14.7 Å². The number of hydrogen-bond acceptors (Lipinski definition) is 3. The first-order valence-electron chi connectivity index (χ1n) is 8.73. The topological polar surface area (TPSA) is 75.5 Å². The predicted octanol–water partition coefficient (Wildman–Crippen LogP) is 3.42. The molecule has 0 spiro atoms. The zero-order valence-electron chi connectivity index (χ0n) is 15.0. The molecule has 0 unspecified atom stereocenters. The maximum atomic E-state index is 12.7. The first-order chi connectivity index (χ1) is 12.6. The molecule has 134 valence electrons. The van der Waals surface area contributed by atoms with E-state index in [1.54, 1.807) is 22.7 Å². The average Bonchev–Trinajstić information content (AvgIpc) is 3.04. The molecule has 2 aromatic heterocycles. The maximum absolute atomic E-state index is 12.7. The molecule has 0 atom stereocenters. The quantitative estimate of drug-likeness (QED) is 0.669. The summed E-state index contributed by atoms with van der Waals surface area (Å²) in [6, 6.07) is 12.9. The zero-order chi connectivity index (χ0) is 18.5. The number of anilines is 1. The summed E-state index contributed by atoms with van der Waals surface area (Å²) >= 11 is 0. The van der Waals surface area contributed by atoms with Crippen LogP contribution in [0.4, 0.5) is 5.69 Å². The molecule has 0 aliphatic carbocycles. The minimum absolute atomic E-state index is 0.214. The fraction of sp³-hybridized carbons (Fsp3) is 0.250. The number of nitrogens with zero attached hydrogens (tertiary/aromatic N) is 2. The lowest BCUT2D eigenvalue weighted by atomic mass is 10.2. The van der Waals surface area contributed by atoms with Crippen LogP contribution in [0.1, 0.15) is 46.4 Å². The monoisotopic (exact) mass is 350 g/mol. The number of carbonyl (C=O) groups is 2. The number of imidazole rings is 1. The Morgan fingerprint density at radius 3 is 2.58 bits per heavy atom. The Morgan fingerprint density at radius 2 is 1.85 bits per heavy atom. The number of hydrogen-bond donors (Lipinski definition) is 2. The van der Waals surface area contributed by atoms with Gasteiger partial charge in [-0.05, 0) is 37.6 Å². The van der Waals surface area contributed by atoms with Crippen molar-refractivity contribution in [2.75, 3.05) is 11.9 Å². The fourth-order valence-corrected chi connectivity index (χ4v) is 2.65.